The van der Waals surface area contributed by atoms with Gasteiger partial charge in [0.1, 0.15) is 0 Å². The van der Waals surface area contributed by atoms with E-state index in [2.05, 4.69) is 42.6 Å². The lowest BCUT2D eigenvalue weighted by Crippen LogP contribution is -2.19. The first-order valence-corrected chi connectivity index (χ1v) is 5.83. The first-order valence-electron chi connectivity index (χ1n) is 5.83. The van der Waals surface area contributed by atoms with Gasteiger partial charge in [-0.15, -0.1) is 0 Å². The summed E-state index contributed by atoms with van der Waals surface area (Å²) >= 11 is 0. The first-order chi connectivity index (χ1) is 7.34. The molecule has 0 aromatic heterocycles. The van der Waals surface area contributed by atoms with E-state index in [0.717, 1.165) is 19.5 Å². The van der Waals surface area contributed by atoms with Gasteiger partial charge in [-0.3, -0.25) is 0 Å². The molecule has 84 valence electrons. The number of hydrogen-bond donors (Lipinski definition) is 2. The lowest BCUT2D eigenvalue weighted by Gasteiger charge is -2.13. The molecule has 15 heavy (non-hydrogen) atoms. The smallest absolute Gasteiger partial charge is 0.0291 e. The Morgan fingerprint density at radius 2 is 1.87 bits per heavy atom. The van der Waals surface area contributed by atoms with Crippen molar-refractivity contribution in [3.8, 4) is 0 Å². The summed E-state index contributed by atoms with van der Waals surface area (Å²) in [7, 11) is 0. The van der Waals surface area contributed by atoms with Gasteiger partial charge in [0.2, 0.25) is 0 Å². The second-order valence-electron chi connectivity index (χ2n) is 3.94. The zero-order valence-electron chi connectivity index (χ0n) is 9.58. The highest BCUT2D eigenvalue weighted by molar-refractivity contribution is 5.17. The molecular formula is C13H22N2. The van der Waals surface area contributed by atoms with Crippen LogP contribution in [0.3, 0.4) is 0 Å². The van der Waals surface area contributed by atoms with E-state index in [9.17, 15) is 0 Å². The van der Waals surface area contributed by atoms with Gasteiger partial charge in [-0.2, -0.15) is 0 Å². The normalized spacial score (nSPS) is 12.7. The van der Waals surface area contributed by atoms with Gasteiger partial charge in [0.15, 0.2) is 0 Å². The summed E-state index contributed by atoms with van der Waals surface area (Å²) in [4.78, 5) is 0. The van der Waals surface area contributed by atoms with E-state index in [1.807, 2.05) is 0 Å². The van der Waals surface area contributed by atoms with Gasteiger partial charge in [0.25, 0.3) is 0 Å². The molecule has 0 heterocycles. The van der Waals surface area contributed by atoms with E-state index in [1.54, 1.807) is 0 Å². The van der Waals surface area contributed by atoms with Crippen molar-refractivity contribution in [2.45, 2.75) is 32.2 Å². The van der Waals surface area contributed by atoms with E-state index in [1.165, 1.54) is 18.4 Å². The molecule has 1 rings (SSSR count). The fourth-order valence-electron chi connectivity index (χ4n) is 1.62. The van der Waals surface area contributed by atoms with Crippen molar-refractivity contribution in [1.29, 1.82) is 0 Å². The quantitative estimate of drug-likeness (QED) is 0.673. The molecule has 0 amide bonds. The fourth-order valence-corrected chi connectivity index (χ4v) is 1.62. The van der Waals surface area contributed by atoms with Crippen LogP contribution in [0.1, 0.15) is 37.8 Å². The van der Waals surface area contributed by atoms with Gasteiger partial charge < -0.3 is 11.1 Å². The summed E-state index contributed by atoms with van der Waals surface area (Å²) in [5, 5.41) is 3.52. The molecule has 0 saturated carbocycles. The molecule has 3 N–H and O–H groups in total. The van der Waals surface area contributed by atoms with Gasteiger partial charge >= 0.3 is 0 Å². The summed E-state index contributed by atoms with van der Waals surface area (Å²) in [6.45, 7) is 4.10. The molecule has 0 aliphatic carbocycles. The van der Waals surface area contributed by atoms with Crippen LogP contribution in [-0.4, -0.2) is 13.1 Å². The van der Waals surface area contributed by atoms with E-state index in [0.29, 0.717) is 6.04 Å². The fraction of sp³-hybridized carbons (Fsp3) is 0.538. The molecule has 1 aromatic carbocycles. The molecule has 0 fully saturated rings. The molecule has 0 unspecified atom stereocenters. The SMILES string of the molecule is C[C@@H](NCCCCCN)c1ccccc1. The molecule has 1 aromatic rings. The van der Waals surface area contributed by atoms with Crippen molar-refractivity contribution in [2.75, 3.05) is 13.1 Å². The molecule has 0 bridgehead atoms. The monoisotopic (exact) mass is 206 g/mol. The standard InChI is InChI=1S/C13H22N2/c1-12(13-8-4-2-5-9-13)15-11-7-3-6-10-14/h2,4-5,8-9,12,15H,3,6-7,10-11,14H2,1H3/t12-/m1/s1. The Morgan fingerprint density at radius 3 is 2.53 bits per heavy atom. The third kappa shape index (κ3) is 4.96. The molecule has 2 heteroatoms. The average molecular weight is 206 g/mol. The van der Waals surface area contributed by atoms with Crippen LogP contribution in [0.15, 0.2) is 30.3 Å². The van der Waals surface area contributed by atoms with Crippen molar-refractivity contribution in [3.63, 3.8) is 0 Å². The number of nitrogens with two attached hydrogens (primary N) is 1. The third-order valence-electron chi connectivity index (χ3n) is 2.63. The Bertz CT molecular complexity index is 246. The highest BCUT2D eigenvalue weighted by Gasteiger charge is 2.01. The van der Waals surface area contributed by atoms with E-state index >= 15 is 0 Å². The van der Waals surface area contributed by atoms with Crippen LogP contribution in [0.5, 0.6) is 0 Å². The number of nitrogens with one attached hydrogen (secondary N) is 1. The summed E-state index contributed by atoms with van der Waals surface area (Å²) in [6.07, 6.45) is 3.58. The van der Waals surface area contributed by atoms with Crippen molar-refractivity contribution in [1.82, 2.24) is 5.32 Å². The molecule has 2 nitrogen and oxygen atoms in total. The number of benzene rings is 1. The maximum absolute atomic E-state index is 5.44. The van der Waals surface area contributed by atoms with Crippen LogP contribution in [0.25, 0.3) is 0 Å². The zero-order valence-corrected chi connectivity index (χ0v) is 9.58. The number of hydrogen-bond acceptors (Lipinski definition) is 2. The Balaban J connectivity index is 2.16. The highest BCUT2D eigenvalue weighted by atomic mass is 14.9. The van der Waals surface area contributed by atoms with Gasteiger partial charge in [0.05, 0.1) is 0 Å². The van der Waals surface area contributed by atoms with Crippen LogP contribution < -0.4 is 11.1 Å². The second-order valence-corrected chi connectivity index (χ2v) is 3.94. The number of unbranched alkanes of at least 4 members (excludes halogenated alkanes) is 2. The van der Waals surface area contributed by atoms with Crippen molar-refractivity contribution in [2.24, 2.45) is 5.73 Å². The highest BCUT2D eigenvalue weighted by Crippen LogP contribution is 2.10. The largest absolute Gasteiger partial charge is 0.330 e. The molecule has 0 saturated heterocycles. The second kappa shape index (κ2) is 7.43. The van der Waals surface area contributed by atoms with Crippen molar-refractivity contribution in [3.05, 3.63) is 35.9 Å². The molecular weight excluding hydrogens is 184 g/mol. The maximum Gasteiger partial charge on any atom is 0.0291 e. The van der Waals surface area contributed by atoms with Crippen LogP contribution >= 0.6 is 0 Å². The summed E-state index contributed by atoms with van der Waals surface area (Å²) in [5.41, 5.74) is 6.80. The zero-order chi connectivity index (χ0) is 10.9. The minimum Gasteiger partial charge on any atom is -0.330 e. The summed E-state index contributed by atoms with van der Waals surface area (Å²) in [5.74, 6) is 0. The van der Waals surface area contributed by atoms with E-state index in [-0.39, 0.29) is 0 Å². The lowest BCUT2D eigenvalue weighted by atomic mass is 10.1. The van der Waals surface area contributed by atoms with E-state index in [4.69, 9.17) is 5.73 Å². The van der Waals surface area contributed by atoms with Crippen LogP contribution in [0.4, 0.5) is 0 Å². The Kier molecular flexibility index (Phi) is 6.05. The van der Waals surface area contributed by atoms with Crippen molar-refractivity contribution >= 4 is 0 Å². The lowest BCUT2D eigenvalue weighted by molar-refractivity contribution is 0.540. The van der Waals surface area contributed by atoms with Gasteiger partial charge in [-0.1, -0.05) is 36.8 Å². The first kappa shape index (κ1) is 12.2. The predicted octanol–water partition coefficient (Wildman–Crippen LogP) is 2.47. The van der Waals surface area contributed by atoms with Crippen LogP contribution in [0, 0.1) is 0 Å². The molecule has 1 atom stereocenters. The summed E-state index contributed by atoms with van der Waals surface area (Å²) < 4.78 is 0. The van der Waals surface area contributed by atoms with Crippen molar-refractivity contribution < 1.29 is 0 Å². The Labute approximate surface area is 92.9 Å². The number of rotatable bonds is 7. The molecule has 0 aliphatic heterocycles. The minimum atomic E-state index is 0.448. The Hall–Kier alpha value is -0.860. The van der Waals surface area contributed by atoms with Crippen LogP contribution in [0.2, 0.25) is 0 Å². The molecule has 0 spiro atoms. The average Bonchev–Trinajstić information content (AvgIpc) is 2.30. The molecule has 0 radical (unpaired) electrons. The summed E-state index contributed by atoms with van der Waals surface area (Å²) in [6, 6.07) is 11.0. The van der Waals surface area contributed by atoms with E-state index < -0.39 is 0 Å². The molecule has 0 aliphatic rings. The van der Waals surface area contributed by atoms with Gasteiger partial charge in [0, 0.05) is 6.04 Å². The Morgan fingerprint density at radius 1 is 1.13 bits per heavy atom. The van der Waals surface area contributed by atoms with Gasteiger partial charge in [-0.05, 0) is 38.4 Å². The predicted molar refractivity (Wildman–Crippen MR) is 65.8 cm³/mol. The van der Waals surface area contributed by atoms with Crippen LogP contribution in [-0.2, 0) is 0 Å². The maximum atomic E-state index is 5.44. The topological polar surface area (TPSA) is 38.0 Å². The minimum absolute atomic E-state index is 0.448. The third-order valence-corrected chi connectivity index (χ3v) is 2.63. The van der Waals surface area contributed by atoms with Gasteiger partial charge in [-0.25, -0.2) is 0 Å².